The van der Waals surface area contributed by atoms with Crippen LogP contribution in [0.2, 0.25) is 0 Å². The second-order valence-corrected chi connectivity index (χ2v) is 4.88. The molecule has 1 aliphatic heterocycles. The zero-order chi connectivity index (χ0) is 16.1. The molecule has 0 saturated heterocycles. The van der Waals surface area contributed by atoms with E-state index in [0.717, 1.165) is 17.1 Å². The first kappa shape index (κ1) is 14.8. The molecule has 116 valence electrons. The van der Waals surface area contributed by atoms with Gasteiger partial charge in [-0.2, -0.15) is 5.10 Å². The lowest BCUT2D eigenvalue weighted by Crippen LogP contribution is -2.18. The zero-order valence-electron chi connectivity index (χ0n) is 12.5. The summed E-state index contributed by atoms with van der Waals surface area (Å²) < 4.78 is 10.6. The maximum Gasteiger partial charge on any atom is 0.271 e. The molecule has 0 radical (unpaired) electrons. The van der Waals surface area contributed by atoms with Crippen molar-refractivity contribution in [2.75, 3.05) is 6.79 Å². The summed E-state index contributed by atoms with van der Waals surface area (Å²) in [5, 5.41) is 4.04. The highest BCUT2D eigenvalue weighted by atomic mass is 16.7. The van der Waals surface area contributed by atoms with Crippen LogP contribution in [0, 0.1) is 0 Å². The van der Waals surface area contributed by atoms with Crippen LogP contribution in [-0.2, 0) is 0 Å². The molecule has 3 rings (SSSR count). The number of nitrogens with one attached hydrogen (secondary N) is 1. The summed E-state index contributed by atoms with van der Waals surface area (Å²) in [5.74, 6) is 1.20. The minimum atomic E-state index is -0.275. The number of carbonyl (C=O) groups excluding carboxylic acids is 1. The third-order valence-corrected chi connectivity index (χ3v) is 3.19. The average molecular weight is 309 g/mol. The fraction of sp³-hybridized carbons (Fsp3) is 0.118. The van der Waals surface area contributed by atoms with Crippen LogP contribution in [0.3, 0.4) is 0 Å². The molecule has 6 nitrogen and oxygen atoms in total. The Labute approximate surface area is 133 Å². The van der Waals surface area contributed by atoms with Crippen molar-refractivity contribution in [3.63, 3.8) is 0 Å². The third-order valence-electron chi connectivity index (χ3n) is 3.19. The Kier molecular flexibility index (Phi) is 4.33. The molecule has 23 heavy (non-hydrogen) atoms. The average Bonchev–Trinajstić information content (AvgIpc) is 3.06. The van der Waals surface area contributed by atoms with E-state index in [4.69, 9.17) is 9.47 Å². The van der Waals surface area contributed by atoms with Crippen molar-refractivity contribution in [2.24, 2.45) is 5.10 Å². The first-order valence-electron chi connectivity index (χ1n) is 7.05. The van der Waals surface area contributed by atoms with Crippen molar-refractivity contribution < 1.29 is 14.3 Å². The molecule has 1 aliphatic rings. The van der Waals surface area contributed by atoms with E-state index in [1.54, 1.807) is 31.5 Å². The van der Waals surface area contributed by atoms with Crippen LogP contribution in [0.4, 0.5) is 0 Å². The van der Waals surface area contributed by atoms with Gasteiger partial charge in [0, 0.05) is 18.0 Å². The number of carbonyl (C=O) groups is 1. The first-order valence-corrected chi connectivity index (χ1v) is 7.05. The molecule has 6 heteroatoms. The number of rotatable bonds is 4. The smallest absolute Gasteiger partial charge is 0.271 e. The Morgan fingerprint density at radius 3 is 2.83 bits per heavy atom. The van der Waals surface area contributed by atoms with Gasteiger partial charge in [-0.25, -0.2) is 5.43 Å². The molecule has 1 N–H and O–H groups in total. The highest BCUT2D eigenvalue weighted by molar-refractivity contribution is 5.99. The van der Waals surface area contributed by atoms with E-state index in [9.17, 15) is 4.79 Å². The number of hydrogen-bond acceptors (Lipinski definition) is 5. The molecule has 0 unspecified atom stereocenters. The predicted molar refractivity (Wildman–Crippen MR) is 86.4 cm³/mol. The summed E-state index contributed by atoms with van der Waals surface area (Å²) in [6.07, 6.45) is 6.82. The standard InChI is InChI=1S/C17H15N3O3/c1-12(19-20-17(21)14-6-8-18-9-7-14)2-3-13-4-5-15-16(10-13)23-11-22-15/h2-10H,11H2,1H3,(H,20,21)/b3-2+,19-12?. The second kappa shape index (κ2) is 6.74. The van der Waals surface area contributed by atoms with E-state index in [1.165, 1.54) is 0 Å². The summed E-state index contributed by atoms with van der Waals surface area (Å²) in [4.78, 5) is 15.7. The number of pyridine rings is 1. The lowest BCUT2D eigenvalue weighted by molar-refractivity contribution is 0.0954. The van der Waals surface area contributed by atoms with Gasteiger partial charge in [0.15, 0.2) is 11.5 Å². The van der Waals surface area contributed by atoms with Crippen molar-refractivity contribution in [1.82, 2.24) is 10.4 Å². The zero-order valence-corrected chi connectivity index (χ0v) is 12.5. The fourth-order valence-corrected chi connectivity index (χ4v) is 1.98. The molecule has 1 aromatic carbocycles. The predicted octanol–water partition coefficient (Wildman–Crippen LogP) is 2.63. The van der Waals surface area contributed by atoms with Gasteiger partial charge in [0.2, 0.25) is 6.79 Å². The van der Waals surface area contributed by atoms with Crippen molar-refractivity contribution in [3.05, 3.63) is 59.9 Å². The number of amides is 1. The van der Waals surface area contributed by atoms with Crippen molar-refractivity contribution in [1.29, 1.82) is 0 Å². The molecule has 0 spiro atoms. The lowest BCUT2D eigenvalue weighted by atomic mass is 10.2. The molecule has 0 atom stereocenters. The molecule has 0 fully saturated rings. The highest BCUT2D eigenvalue weighted by Crippen LogP contribution is 2.32. The number of hydrazone groups is 1. The lowest BCUT2D eigenvalue weighted by Gasteiger charge is -2.00. The third kappa shape index (κ3) is 3.74. The largest absolute Gasteiger partial charge is 0.454 e. The molecule has 1 amide bonds. The Morgan fingerprint density at radius 1 is 1.22 bits per heavy atom. The number of nitrogens with zero attached hydrogens (tertiary/aromatic N) is 2. The van der Waals surface area contributed by atoms with E-state index < -0.39 is 0 Å². The molecular weight excluding hydrogens is 294 g/mol. The SMILES string of the molecule is CC(/C=C/c1ccc2c(c1)OCO2)=NNC(=O)c1ccncc1. The second-order valence-electron chi connectivity index (χ2n) is 4.88. The number of aromatic nitrogens is 1. The van der Waals surface area contributed by atoms with Crippen LogP contribution >= 0.6 is 0 Å². The van der Waals surface area contributed by atoms with Crippen LogP contribution in [0.5, 0.6) is 11.5 Å². The Hall–Kier alpha value is -3.15. The van der Waals surface area contributed by atoms with Crippen molar-refractivity contribution >= 4 is 17.7 Å². The molecule has 0 bridgehead atoms. The van der Waals surface area contributed by atoms with Gasteiger partial charge >= 0.3 is 0 Å². The minimum absolute atomic E-state index is 0.254. The molecule has 0 aliphatic carbocycles. The maximum absolute atomic E-state index is 11.9. The Morgan fingerprint density at radius 2 is 2.00 bits per heavy atom. The van der Waals surface area contributed by atoms with Gasteiger partial charge in [0.05, 0.1) is 5.71 Å². The normalized spacial score (nSPS) is 13.3. The quantitative estimate of drug-likeness (QED) is 0.696. The van der Waals surface area contributed by atoms with Gasteiger partial charge in [0.25, 0.3) is 5.91 Å². The van der Waals surface area contributed by atoms with E-state index in [-0.39, 0.29) is 12.7 Å². The van der Waals surface area contributed by atoms with Crippen LogP contribution in [0.15, 0.2) is 53.9 Å². The van der Waals surface area contributed by atoms with E-state index >= 15 is 0 Å². The summed E-state index contributed by atoms with van der Waals surface area (Å²) in [7, 11) is 0. The van der Waals surface area contributed by atoms with Gasteiger partial charge in [-0.05, 0) is 42.8 Å². The molecule has 2 aromatic rings. The first-order chi connectivity index (χ1) is 11.2. The van der Waals surface area contributed by atoms with Gasteiger partial charge in [-0.1, -0.05) is 12.1 Å². The van der Waals surface area contributed by atoms with Crippen molar-refractivity contribution in [2.45, 2.75) is 6.92 Å². The molecule has 0 saturated carbocycles. The fourth-order valence-electron chi connectivity index (χ4n) is 1.98. The molecule has 1 aromatic heterocycles. The van der Waals surface area contributed by atoms with Gasteiger partial charge in [-0.15, -0.1) is 0 Å². The summed E-state index contributed by atoms with van der Waals surface area (Å²) in [6.45, 7) is 2.06. The van der Waals surface area contributed by atoms with E-state index in [1.807, 2.05) is 30.4 Å². The molecular formula is C17H15N3O3. The minimum Gasteiger partial charge on any atom is -0.454 e. The number of benzene rings is 1. The van der Waals surface area contributed by atoms with E-state index in [2.05, 4.69) is 15.5 Å². The number of hydrogen-bond donors (Lipinski definition) is 1. The summed E-state index contributed by atoms with van der Waals surface area (Å²) in [5.41, 5.74) is 4.65. The van der Waals surface area contributed by atoms with Gasteiger partial charge in [0.1, 0.15) is 0 Å². The van der Waals surface area contributed by atoms with Gasteiger partial charge < -0.3 is 9.47 Å². The highest BCUT2D eigenvalue weighted by Gasteiger charge is 2.12. The van der Waals surface area contributed by atoms with Crippen LogP contribution in [0.1, 0.15) is 22.8 Å². The Bertz CT molecular complexity index is 770. The van der Waals surface area contributed by atoms with Gasteiger partial charge in [-0.3, -0.25) is 9.78 Å². The molecule has 2 heterocycles. The summed E-state index contributed by atoms with van der Waals surface area (Å²) in [6, 6.07) is 8.93. The maximum atomic E-state index is 11.9. The van der Waals surface area contributed by atoms with Crippen molar-refractivity contribution in [3.8, 4) is 11.5 Å². The van der Waals surface area contributed by atoms with Crippen LogP contribution < -0.4 is 14.9 Å². The summed E-state index contributed by atoms with van der Waals surface area (Å²) >= 11 is 0. The van der Waals surface area contributed by atoms with Crippen LogP contribution in [-0.4, -0.2) is 23.4 Å². The monoisotopic (exact) mass is 309 g/mol. The number of fused-ring (bicyclic) bond motifs is 1. The Balaban J connectivity index is 1.62. The van der Waals surface area contributed by atoms with Crippen LogP contribution in [0.25, 0.3) is 6.08 Å². The number of ether oxygens (including phenoxy) is 2. The van der Waals surface area contributed by atoms with E-state index in [0.29, 0.717) is 11.3 Å². The number of allylic oxidation sites excluding steroid dienone is 1. The topological polar surface area (TPSA) is 72.8 Å².